The third kappa shape index (κ3) is 4.02. The number of nitrogens with zero attached hydrogens (tertiary/aromatic N) is 1. The van der Waals surface area contributed by atoms with Gasteiger partial charge in [-0.25, -0.2) is 4.79 Å². The molecule has 0 aliphatic heterocycles. The number of ketones is 1. The molecule has 23 heavy (non-hydrogen) atoms. The van der Waals surface area contributed by atoms with Crippen molar-refractivity contribution < 1.29 is 19.6 Å². The van der Waals surface area contributed by atoms with Gasteiger partial charge in [-0.3, -0.25) is 14.9 Å². The molecular formula is C16H10ClNO5. The molecule has 0 amide bonds. The van der Waals surface area contributed by atoms with Crippen LogP contribution in [0.25, 0.3) is 6.08 Å². The molecule has 7 heteroatoms. The summed E-state index contributed by atoms with van der Waals surface area (Å²) in [6.45, 7) is 0. The van der Waals surface area contributed by atoms with E-state index >= 15 is 0 Å². The lowest BCUT2D eigenvalue weighted by Gasteiger charge is -2.00. The number of non-ortho nitro benzene ring substituents is 1. The van der Waals surface area contributed by atoms with E-state index in [0.29, 0.717) is 5.56 Å². The summed E-state index contributed by atoms with van der Waals surface area (Å²) < 4.78 is 0. The lowest BCUT2D eigenvalue weighted by Crippen LogP contribution is -1.97. The van der Waals surface area contributed by atoms with Crippen LogP contribution in [-0.4, -0.2) is 21.8 Å². The Bertz CT molecular complexity index is 829. The standard InChI is InChI=1S/C16H10ClNO5/c17-14-9-12(16(20)21)5-4-10(14)6-7-15(19)11-2-1-3-13(8-11)18(22)23/h1-9H,(H,20,21). The fourth-order valence-electron chi connectivity index (χ4n) is 1.83. The van der Waals surface area contributed by atoms with Crippen molar-refractivity contribution in [3.05, 3.63) is 80.4 Å². The third-order valence-electron chi connectivity index (χ3n) is 3.00. The Hall–Kier alpha value is -2.99. The number of allylic oxidation sites excluding steroid dienone is 1. The number of carbonyl (C=O) groups excluding carboxylic acids is 1. The third-order valence-corrected chi connectivity index (χ3v) is 3.33. The highest BCUT2D eigenvalue weighted by Gasteiger charge is 2.10. The number of aromatic carboxylic acids is 1. The van der Waals surface area contributed by atoms with Crippen LogP contribution in [0.1, 0.15) is 26.3 Å². The van der Waals surface area contributed by atoms with Crippen molar-refractivity contribution in [2.45, 2.75) is 0 Å². The molecule has 0 aliphatic carbocycles. The molecule has 2 rings (SSSR count). The van der Waals surface area contributed by atoms with Gasteiger partial charge in [0, 0.05) is 22.7 Å². The molecule has 0 fully saturated rings. The Balaban J connectivity index is 2.23. The number of hydrogen-bond donors (Lipinski definition) is 1. The number of carboxylic acids is 1. The minimum Gasteiger partial charge on any atom is -0.478 e. The predicted molar refractivity (Wildman–Crippen MR) is 84.9 cm³/mol. The second kappa shape index (κ2) is 6.85. The van der Waals surface area contributed by atoms with Gasteiger partial charge in [-0.2, -0.15) is 0 Å². The van der Waals surface area contributed by atoms with Gasteiger partial charge in [-0.1, -0.05) is 29.8 Å². The first-order valence-corrected chi connectivity index (χ1v) is 6.76. The van der Waals surface area contributed by atoms with Crippen molar-refractivity contribution in [2.24, 2.45) is 0 Å². The van der Waals surface area contributed by atoms with E-state index in [-0.39, 0.29) is 21.8 Å². The number of nitro benzene ring substituents is 1. The normalized spacial score (nSPS) is 10.7. The molecule has 0 bridgehead atoms. The molecule has 0 saturated heterocycles. The van der Waals surface area contributed by atoms with Gasteiger partial charge in [-0.05, 0) is 29.8 Å². The molecule has 2 aromatic rings. The summed E-state index contributed by atoms with van der Waals surface area (Å²) >= 11 is 5.95. The van der Waals surface area contributed by atoms with Crippen LogP contribution < -0.4 is 0 Å². The predicted octanol–water partition coefficient (Wildman–Crippen LogP) is 3.84. The molecule has 0 spiro atoms. The van der Waals surface area contributed by atoms with Crippen LogP contribution in [0.3, 0.4) is 0 Å². The van der Waals surface area contributed by atoms with Gasteiger partial charge in [-0.15, -0.1) is 0 Å². The molecule has 116 valence electrons. The van der Waals surface area contributed by atoms with E-state index in [0.717, 1.165) is 0 Å². The van der Waals surface area contributed by atoms with Crippen molar-refractivity contribution in [3.63, 3.8) is 0 Å². The Morgan fingerprint density at radius 2 is 1.87 bits per heavy atom. The summed E-state index contributed by atoms with van der Waals surface area (Å²) in [4.78, 5) is 33.0. The summed E-state index contributed by atoms with van der Waals surface area (Å²) in [7, 11) is 0. The van der Waals surface area contributed by atoms with Crippen molar-refractivity contribution in [1.29, 1.82) is 0 Å². The van der Waals surface area contributed by atoms with Crippen LogP contribution in [0.4, 0.5) is 5.69 Å². The van der Waals surface area contributed by atoms with Gasteiger partial charge in [0.1, 0.15) is 0 Å². The van der Waals surface area contributed by atoms with Crippen LogP contribution in [0, 0.1) is 10.1 Å². The first kappa shape index (κ1) is 16.4. The SMILES string of the molecule is O=C(O)c1ccc(C=CC(=O)c2cccc([N+](=O)[O-])c2)c(Cl)c1. The molecule has 0 heterocycles. The molecule has 0 saturated carbocycles. The summed E-state index contributed by atoms with van der Waals surface area (Å²) in [5.74, 6) is -1.53. The van der Waals surface area contributed by atoms with E-state index in [9.17, 15) is 19.7 Å². The summed E-state index contributed by atoms with van der Waals surface area (Å²) in [6.07, 6.45) is 2.65. The molecule has 0 aliphatic rings. The number of benzene rings is 2. The highest BCUT2D eigenvalue weighted by atomic mass is 35.5. The number of rotatable bonds is 5. The zero-order valence-electron chi connectivity index (χ0n) is 11.6. The Morgan fingerprint density at radius 3 is 2.48 bits per heavy atom. The monoisotopic (exact) mass is 331 g/mol. The quantitative estimate of drug-likeness (QED) is 0.388. The Morgan fingerprint density at radius 1 is 1.13 bits per heavy atom. The first-order chi connectivity index (χ1) is 10.9. The molecule has 0 atom stereocenters. The zero-order chi connectivity index (χ0) is 17.0. The maximum Gasteiger partial charge on any atom is 0.335 e. The fourth-order valence-corrected chi connectivity index (χ4v) is 2.07. The second-order valence-corrected chi connectivity index (χ2v) is 4.95. The zero-order valence-corrected chi connectivity index (χ0v) is 12.4. The highest BCUT2D eigenvalue weighted by Crippen LogP contribution is 2.20. The number of halogens is 1. The number of carbonyl (C=O) groups is 2. The van der Waals surface area contributed by atoms with E-state index in [1.165, 1.54) is 54.6 Å². The van der Waals surface area contributed by atoms with Crippen molar-refractivity contribution in [1.82, 2.24) is 0 Å². The van der Waals surface area contributed by atoms with Gasteiger partial charge in [0.15, 0.2) is 5.78 Å². The van der Waals surface area contributed by atoms with Crippen LogP contribution in [-0.2, 0) is 0 Å². The topological polar surface area (TPSA) is 97.5 Å². The van der Waals surface area contributed by atoms with Crippen LogP contribution in [0.2, 0.25) is 5.02 Å². The fraction of sp³-hybridized carbons (Fsp3) is 0. The maximum absolute atomic E-state index is 12.0. The average molecular weight is 332 g/mol. The van der Waals surface area contributed by atoms with E-state index in [1.54, 1.807) is 0 Å². The Kier molecular flexibility index (Phi) is 4.88. The first-order valence-electron chi connectivity index (χ1n) is 6.38. The number of carboxylic acid groups (broad SMARTS) is 1. The van der Waals surface area contributed by atoms with Gasteiger partial charge >= 0.3 is 5.97 Å². The summed E-state index contributed by atoms with van der Waals surface area (Å²) in [5.41, 5.74) is 0.509. The molecule has 2 aromatic carbocycles. The second-order valence-electron chi connectivity index (χ2n) is 4.55. The van der Waals surface area contributed by atoms with Crippen LogP contribution in [0.5, 0.6) is 0 Å². The largest absolute Gasteiger partial charge is 0.478 e. The van der Waals surface area contributed by atoms with Gasteiger partial charge in [0.05, 0.1) is 10.5 Å². The van der Waals surface area contributed by atoms with Gasteiger partial charge < -0.3 is 5.11 Å². The van der Waals surface area contributed by atoms with Crippen molar-refractivity contribution in [2.75, 3.05) is 0 Å². The van der Waals surface area contributed by atoms with Crippen molar-refractivity contribution >= 4 is 35.1 Å². The lowest BCUT2D eigenvalue weighted by molar-refractivity contribution is -0.384. The van der Waals surface area contributed by atoms with E-state index in [4.69, 9.17) is 16.7 Å². The summed E-state index contributed by atoms with van der Waals surface area (Å²) in [5, 5.41) is 19.7. The van der Waals surface area contributed by atoms with Crippen molar-refractivity contribution in [3.8, 4) is 0 Å². The number of nitro groups is 1. The van der Waals surface area contributed by atoms with E-state index in [2.05, 4.69) is 0 Å². The smallest absolute Gasteiger partial charge is 0.335 e. The minimum atomic E-state index is -1.10. The number of hydrogen-bond acceptors (Lipinski definition) is 4. The Labute approximate surface area is 135 Å². The van der Waals surface area contributed by atoms with Gasteiger partial charge in [0.2, 0.25) is 0 Å². The van der Waals surface area contributed by atoms with Crippen LogP contribution >= 0.6 is 11.6 Å². The summed E-state index contributed by atoms with van der Waals surface area (Å²) in [6, 6.07) is 9.49. The van der Waals surface area contributed by atoms with Gasteiger partial charge in [0.25, 0.3) is 5.69 Å². The maximum atomic E-state index is 12.0. The highest BCUT2D eigenvalue weighted by molar-refractivity contribution is 6.32. The minimum absolute atomic E-state index is 0.0390. The van der Waals surface area contributed by atoms with E-state index < -0.39 is 16.7 Å². The molecule has 0 unspecified atom stereocenters. The molecule has 1 N–H and O–H groups in total. The molecule has 0 radical (unpaired) electrons. The molecule has 6 nitrogen and oxygen atoms in total. The lowest BCUT2D eigenvalue weighted by atomic mass is 10.1. The average Bonchev–Trinajstić information content (AvgIpc) is 2.53. The molecular weight excluding hydrogens is 322 g/mol. The van der Waals surface area contributed by atoms with Crippen LogP contribution in [0.15, 0.2) is 48.5 Å². The molecule has 0 aromatic heterocycles. The van der Waals surface area contributed by atoms with E-state index in [1.807, 2.05) is 0 Å².